The van der Waals surface area contributed by atoms with Gasteiger partial charge < -0.3 is 0 Å². The maximum atomic E-state index is 2.33. The van der Waals surface area contributed by atoms with Crippen LogP contribution in [0.25, 0.3) is 0 Å². The van der Waals surface area contributed by atoms with E-state index in [1.54, 1.807) is 5.56 Å². The first kappa shape index (κ1) is 13.3. The Balaban J connectivity index is 2.77. The molecule has 1 atom stereocenters. The van der Waals surface area contributed by atoms with E-state index in [-0.39, 0.29) is 0 Å². The first-order valence-corrected chi connectivity index (χ1v) is 6.76. The van der Waals surface area contributed by atoms with Gasteiger partial charge in [-0.15, -0.1) is 0 Å². The second-order valence-corrected chi connectivity index (χ2v) is 5.13. The lowest BCUT2D eigenvalue weighted by Gasteiger charge is -2.19. The van der Waals surface area contributed by atoms with Gasteiger partial charge in [-0.3, -0.25) is 0 Å². The molecule has 0 saturated heterocycles. The van der Waals surface area contributed by atoms with Gasteiger partial charge in [0.1, 0.15) is 0 Å². The van der Waals surface area contributed by atoms with E-state index in [0.717, 1.165) is 18.3 Å². The second kappa shape index (κ2) is 6.73. The largest absolute Gasteiger partial charge is 0.0648 e. The van der Waals surface area contributed by atoms with Crippen molar-refractivity contribution in [3.05, 3.63) is 35.4 Å². The Morgan fingerprint density at radius 1 is 1.00 bits per heavy atom. The first-order chi connectivity index (χ1) is 7.69. The van der Waals surface area contributed by atoms with E-state index < -0.39 is 0 Å². The van der Waals surface area contributed by atoms with Crippen LogP contribution in [0.3, 0.4) is 0 Å². The van der Waals surface area contributed by atoms with Crippen molar-refractivity contribution in [1.29, 1.82) is 0 Å². The highest BCUT2D eigenvalue weighted by Crippen LogP contribution is 2.29. The molecule has 1 unspecified atom stereocenters. The SMILES string of the molecule is CCc1ccccc1C(CC)CCC(C)C. The zero-order valence-electron chi connectivity index (χ0n) is 11.3. The van der Waals surface area contributed by atoms with Gasteiger partial charge in [0.15, 0.2) is 0 Å². The highest BCUT2D eigenvalue weighted by atomic mass is 14.2. The topological polar surface area (TPSA) is 0 Å². The highest BCUT2D eigenvalue weighted by Gasteiger charge is 2.12. The molecular formula is C16H26. The lowest BCUT2D eigenvalue weighted by Crippen LogP contribution is -2.03. The van der Waals surface area contributed by atoms with Crippen molar-refractivity contribution in [3.8, 4) is 0 Å². The van der Waals surface area contributed by atoms with Gasteiger partial charge in [0.05, 0.1) is 0 Å². The zero-order valence-corrected chi connectivity index (χ0v) is 11.3. The van der Waals surface area contributed by atoms with Crippen LogP contribution in [-0.2, 0) is 6.42 Å². The molecule has 0 amide bonds. The van der Waals surface area contributed by atoms with Crippen molar-refractivity contribution < 1.29 is 0 Å². The molecule has 0 aliphatic rings. The molecule has 0 bridgehead atoms. The van der Waals surface area contributed by atoms with Crippen LogP contribution in [0, 0.1) is 5.92 Å². The van der Waals surface area contributed by atoms with Gasteiger partial charge in [0.25, 0.3) is 0 Å². The van der Waals surface area contributed by atoms with E-state index >= 15 is 0 Å². The average Bonchev–Trinajstić information content (AvgIpc) is 2.30. The summed E-state index contributed by atoms with van der Waals surface area (Å²) in [7, 11) is 0. The predicted molar refractivity (Wildman–Crippen MR) is 72.9 cm³/mol. The Labute approximate surface area is 101 Å². The molecular weight excluding hydrogens is 192 g/mol. The fourth-order valence-electron chi connectivity index (χ4n) is 2.37. The standard InChI is InChI=1S/C16H26/c1-5-14-9-7-8-10-16(14)15(6-2)12-11-13(3)4/h7-10,13,15H,5-6,11-12H2,1-4H3. The minimum absolute atomic E-state index is 0.763. The van der Waals surface area contributed by atoms with Gasteiger partial charge in [-0.25, -0.2) is 0 Å². The molecule has 0 aliphatic heterocycles. The lowest BCUT2D eigenvalue weighted by molar-refractivity contribution is 0.490. The molecule has 0 nitrogen and oxygen atoms in total. The van der Waals surface area contributed by atoms with E-state index in [2.05, 4.69) is 52.0 Å². The quantitative estimate of drug-likeness (QED) is 0.617. The predicted octanol–water partition coefficient (Wildman–Crippen LogP) is 5.18. The summed E-state index contributed by atoms with van der Waals surface area (Å²) < 4.78 is 0. The smallest absolute Gasteiger partial charge is 0.0162 e. The van der Waals surface area contributed by atoms with Crippen LogP contribution in [0.2, 0.25) is 0 Å². The van der Waals surface area contributed by atoms with Crippen LogP contribution in [-0.4, -0.2) is 0 Å². The van der Waals surface area contributed by atoms with E-state index in [1.807, 2.05) is 0 Å². The van der Waals surface area contributed by atoms with Crippen molar-refractivity contribution in [1.82, 2.24) is 0 Å². The molecule has 0 spiro atoms. The molecule has 1 rings (SSSR count). The van der Waals surface area contributed by atoms with Gasteiger partial charge in [0.2, 0.25) is 0 Å². The van der Waals surface area contributed by atoms with E-state index in [4.69, 9.17) is 0 Å². The van der Waals surface area contributed by atoms with Gasteiger partial charge >= 0.3 is 0 Å². The Morgan fingerprint density at radius 3 is 2.25 bits per heavy atom. The van der Waals surface area contributed by atoms with Crippen molar-refractivity contribution in [2.45, 2.75) is 59.3 Å². The van der Waals surface area contributed by atoms with Crippen molar-refractivity contribution in [2.75, 3.05) is 0 Å². The van der Waals surface area contributed by atoms with Crippen LogP contribution in [0.5, 0.6) is 0 Å². The van der Waals surface area contributed by atoms with Crippen molar-refractivity contribution in [2.24, 2.45) is 5.92 Å². The maximum Gasteiger partial charge on any atom is -0.0162 e. The van der Waals surface area contributed by atoms with Crippen LogP contribution < -0.4 is 0 Å². The molecule has 16 heavy (non-hydrogen) atoms. The number of aryl methyl sites for hydroxylation is 1. The van der Waals surface area contributed by atoms with Crippen molar-refractivity contribution in [3.63, 3.8) is 0 Å². The Bertz CT molecular complexity index is 299. The Hall–Kier alpha value is -0.780. The summed E-state index contributed by atoms with van der Waals surface area (Å²) in [6.45, 7) is 9.21. The van der Waals surface area contributed by atoms with Crippen LogP contribution in [0.4, 0.5) is 0 Å². The van der Waals surface area contributed by atoms with Gasteiger partial charge in [0, 0.05) is 0 Å². The van der Waals surface area contributed by atoms with E-state index in [9.17, 15) is 0 Å². The van der Waals surface area contributed by atoms with Gasteiger partial charge in [-0.05, 0) is 42.2 Å². The number of hydrogen-bond acceptors (Lipinski definition) is 0. The summed E-state index contributed by atoms with van der Waals surface area (Å²) in [5.74, 6) is 1.58. The van der Waals surface area contributed by atoms with Crippen molar-refractivity contribution >= 4 is 0 Å². The second-order valence-electron chi connectivity index (χ2n) is 5.13. The lowest BCUT2D eigenvalue weighted by atomic mass is 9.86. The fourth-order valence-corrected chi connectivity index (χ4v) is 2.37. The molecule has 0 aliphatic carbocycles. The summed E-state index contributed by atoms with van der Waals surface area (Å²) in [4.78, 5) is 0. The zero-order chi connectivity index (χ0) is 12.0. The number of rotatable bonds is 6. The average molecular weight is 218 g/mol. The van der Waals surface area contributed by atoms with Crippen LogP contribution >= 0.6 is 0 Å². The summed E-state index contributed by atoms with van der Waals surface area (Å²) in [6, 6.07) is 8.96. The van der Waals surface area contributed by atoms with Crippen LogP contribution in [0.1, 0.15) is 64.0 Å². The van der Waals surface area contributed by atoms with Gasteiger partial charge in [-0.2, -0.15) is 0 Å². The minimum atomic E-state index is 0.763. The molecule has 90 valence electrons. The van der Waals surface area contributed by atoms with Gasteiger partial charge in [-0.1, -0.05) is 58.4 Å². The molecule has 0 fully saturated rings. The third-order valence-corrected chi connectivity index (χ3v) is 3.46. The third-order valence-electron chi connectivity index (χ3n) is 3.46. The summed E-state index contributed by atoms with van der Waals surface area (Å²) in [6.07, 6.45) is 5.11. The summed E-state index contributed by atoms with van der Waals surface area (Å²) >= 11 is 0. The maximum absolute atomic E-state index is 2.33. The Kier molecular flexibility index (Phi) is 5.59. The minimum Gasteiger partial charge on any atom is -0.0648 e. The number of benzene rings is 1. The number of hydrogen-bond donors (Lipinski definition) is 0. The normalized spacial score (nSPS) is 13.1. The molecule has 1 aromatic rings. The van der Waals surface area contributed by atoms with Crippen LogP contribution in [0.15, 0.2) is 24.3 Å². The van der Waals surface area contributed by atoms with E-state index in [1.165, 1.54) is 24.8 Å². The molecule has 0 N–H and O–H groups in total. The fraction of sp³-hybridized carbons (Fsp3) is 0.625. The monoisotopic (exact) mass is 218 g/mol. The molecule has 1 aromatic carbocycles. The third kappa shape index (κ3) is 3.66. The highest BCUT2D eigenvalue weighted by molar-refractivity contribution is 5.30. The first-order valence-electron chi connectivity index (χ1n) is 6.76. The summed E-state index contributed by atoms with van der Waals surface area (Å²) in [5.41, 5.74) is 3.13. The molecule has 0 aromatic heterocycles. The summed E-state index contributed by atoms with van der Waals surface area (Å²) in [5, 5.41) is 0. The van der Waals surface area contributed by atoms with E-state index in [0.29, 0.717) is 0 Å². The molecule has 0 heterocycles. The molecule has 0 heteroatoms. The molecule has 0 saturated carbocycles. The Morgan fingerprint density at radius 2 is 1.69 bits per heavy atom. The molecule has 0 radical (unpaired) electrons.